The second kappa shape index (κ2) is 6.70. The Morgan fingerprint density at radius 1 is 1.41 bits per heavy atom. The summed E-state index contributed by atoms with van der Waals surface area (Å²) in [6.07, 6.45) is 1.96. The molecule has 4 heteroatoms. The predicted octanol–water partition coefficient (Wildman–Crippen LogP) is 0.818. The summed E-state index contributed by atoms with van der Waals surface area (Å²) in [7, 11) is 0. The van der Waals surface area contributed by atoms with Gasteiger partial charge in [-0.2, -0.15) is 0 Å². The van der Waals surface area contributed by atoms with Gasteiger partial charge in [0.1, 0.15) is 0 Å². The van der Waals surface area contributed by atoms with Crippen molar-refractivity contribution >= 4 is 11.6 Å². The molecule has 0 spiro atoms. The van der Waals surface area contributed by atoms with Gasteiger partial charge < -0.3 is 15.7 Å². The summed E-state index contributed by atoms with van der Waals surface area (Å²) in [6.45, 7) is 4.34. The van der Waals surface area contributed by atoms with Crippen LogP contribution in [-0.4, -0.2) is 35.6 Å². The fourth-order valence-electron chi connectivity index (χ4n) is 1.52. The first-order chi connectivity index (χ1) is 8.17. The van der Waals surface area contributed by atoms with Crippen LogP contribution in [-0.2, 0) is 11.2 Å². The van der Waals surface area contributed by atoms with Crippen LogP contribution in [0, 0.1) is 0 Å². The number of carbonyl (C=O) groups excluding carboxylic acids is 1. The number of aliphatic hydroxyl groups is 1. The van der Waals surface area contributed by atoms with E-state index in [0.717, 1.165) is 5.56 Å². The highest BCUT2D eigenvalue weighted by atomic mass is 16.3. The SMILES string of the molecule is C=CCN(CCO)C(=O)Cc1ccc(N)cc1. The summed E-state index contributed by atoms with van der Waals surface area (Å²) in [6, 6.07) is 7.20. The van der Waals surface area contributed by atoms with Gasteiger partial charge in [0.05, 0.1) is 13.0 Å². The first kappa shape index (κ1) is 13.3. The second-order valence-corrected chi connectivity index (χ2v) is 3.77. The van der Waals surface area contributed by atoms with Crippen molar-refractivity contribution in [2.75, 3.05) is 25.4 Å². The Morgan fingerprint density at radius 2 is 2.06 bits per heavy atom. The monoisotopic (exact) mass is 234 g/mol. The van der Waals surface area contributed by atoms with Crippen molar-refractivity contribution < 1.29 is 9.90 Å². The number of nitrogens with zero attached hydrogens (tertiary/aromatic N) is 1. The van der Waals surface area contributed by atoms with Gasteiger partial charge in [0.15, 0.2) is 0 Å². The summed E-state index contributed by atoms with van der Waals surface area (Å²) >= 11 is 0. The number of rotatable bonds is 6. The molecule has 17 heavy (non-hydrogen) atoms. The van der Waals surface area contributed by atoms with Crippen LogP contribution in [0.15, 0.2) is 36.9 Å². The standard InChI is InChI=1S/C13H18N2O2/c1-2-7-15(8-9-16)13(17)10-11-3-5-12(14)6-4-11/h2-6,16H,1,7-10,14H2. The number of hydrogen-bond donors (Lipinski definition) is 2. The highest BCUT2D eigenvalue weighted by molar-refractivity contribution is 5.79. The molecule has 0 aliphatic rings. The average Bonchev–Trinajstić information content (AvgIpc) is 2.32. The van der Waals surface area contributed by atoms with Crippen molar-refractivity contribution in [3.63, 3.8) is 0 Å². The van der Waals surface area contributed by atoms with E-state index in [1.165, 1.54) is 0 Å². The molecule has 1 aromatic carbocycles. The van der Waals surface area contributed by atoms with E-state index in [-0.39, 0.29) is 12.5 Å². The van der Waals surface area contributed by atoms with Crippen molar-refractivity contribution in [2.24, 2.45) is 0 Å². The molecule has 3 N–H and O–H groups in total. The first-order valence-electron chi connectivity index (χ1n) is 5.51. The van der Waals surface area contributed by atoms with E-state index >= 15 is 0 Å². The third-order valence-corrected chi connectivity index (χ3v) is 2.41. The number of benzene rings is 1. The van der Waals surface area contributed by atoms with E-state index in [9.17, 15) is 4.79 Å². The zero-order valence-corrected chi connectivity index (χ0v) is 9.80. The molecule has 1 amide bonds. The Bertz CT molecular complexity index is 374. The van der Waals surface area contributed by atoms with Crippen LogP contribution in [0.5, 0.6) is 0 Å². The highest BCUT2D eigenvalue weighted by Crippen LogP contribution is 2.07. The van der Waals surface area contributed by atoms with Gasteiger partial charge in [0, 0.05) is 18.8 Å². The number of aliphatic hydroxyl groups excluding tert-OH is 1. The Kier molecular flexibility index (Phi) is 5.23. The molecule has 0 saturated heterocycles. The Morgan fingerprint density at radius 3 is 2.59 bits per heavy atom. The van der Waals surface area contributed by atoms with Crippen LogP contribution in [0.3, 0.4) is 0 Å². The molecule has 0 unspecified atom stereocenters. The molecular formula is C13H18N2O2. The number of nitrogen functional groups attached to an aromatic ring is 1. The van der Waals surface area contributed by atoms with Gasteiger partial charge in [0.25, 0.3) is 0 Å². The highest BCUT2D eigenvalue weighted by Gasteiger charge is 2.11. The number of anilines is 1. The smallest absolute Gasteiger partial charge is 0.227 e. The summed E-state index contributed by atoms with van der Waals surface area (Å²) < 4.78 is 0. The summed E-state index contributed by atoms with van der Waals surface area (Å²) in [4.78, 5) is 13.5. The summed E-state index contributed by atoms with van der Waals surface area (Å²) in [5.41, 5.74) is 7.16. The molecule has 0 aliphatic carbocycles. The summed E-state index contributed by atoms with van der Waals surface area (Å²) in [5, 5.41) is 8.87. The van der Waals surface area contributed by atoms with E-state index in [1.807, 2.05) is 12.1 Å². The zero-order valence-electron chi connectivity index (χ0n) is 9.80. The lowest BCUT2D eigenvalue weighted by Gasteiger charge is -2.19. The number of carbonyl (C=O) groups is 1. The second-order valence-electron chi connectivity index (χ2n) is 3.77. The van der Waals surface area contributed by atoms with Crippen LogP contribution < -0.4 is 5.73 Å². The minimum Gasteiger partial charge on any atom is -0.399 e. The lowest BCUT2D eigenvalue weighted by atomic mass is 10.1. The van der Waals surface area contributed by atoms with Crippen LogP contribution in [0.2, 0.25) is 0 Å². The summed E-state index contributed by atoms with van der Waals surface area (Å²) in [5.74, 6) is -0.0243. The molecule has 0 aliphatic heterocycles. The molecule has 4 nitrogen and oxygen atoms in total. The van der Waals surface area contributed by atoms with Crippen molar-refractivity contribution in [2.45, 2.75) is 6.42 Å². The van der Waals surface area contributed by atoms with Crippen molar-refractivity contribution in [3.05, 3.63) is 42.5 Å². The van der Waals surface area contributed by atoms with Gasteiger partial charge in [0.2, 0.25) is 5.91 Å². The van der Waals surface area contributed by atoms with Crippen molar-refractivity contribution in [1.29, 1.82) is 0 Å². The Balaban J connectivity index is 2.62. The molecule has 0 fully saturated rings. The predicted molar refractivity (Wildman–Crippen MR) is 68.4 cm³/mol. The van der Waals surface area contributed by atoms with Gasteiger partial charge >= 0.3 is 0 Å². The fraction of sp³-hybridized carbons (Fsp3) is 0.308. The molecule has 0 heterocycles. The van der Waals surface area contributed by atoms with E-state index in [0.29, 0.717) is 25.2 Å². The van der Waals surface area contributed by atoms with Crippen LogP contribution in [0.4, 0.5) is 5.69 Å². The average molecular weight is 234 g/mol. The molecule has 92 valence electrons. The topological polar surface area (TPSA) is 66.6 Å². The third-order valence-electron chi connectivity index (χ3n) is 2.41. The van der Waals surface area contributed by atoms with E-state index in [1.54, 1.807) is 23.1 Å². The van der Waals surface area contributed by atoms with Gasteiger partial charge in [-0.05, 0) is 17.7 Å². The van der Waals surface area contributed by atoms with Crippen LogP contribution in [0.25, 0.3) is 0 Å². The molecule has 1 rings (SSSR count). The Hall–Kier alpha value is -1.81. The number of nitrogens with two attached hydrogens (primary N) is 1. The maximum absolute atomic E-state index is 11.9. The molecule has 0 radical (unpaired) electrons. The zero-order chi connectivity index (χ0) is 12.7. The number of hydrogen-bond acceptors (Lipinski definition) is 3. The maximum atomic E-state index is 11.9. The van der Waals surface area contributed by atoms with E-state index < -0.39 is 0 Å². The van der Waals surface area contributed by atoms with E-state index in [4.69, 9.17) is 10.8 Å². The molecule has 0 atom stereocenters. The molecule has 1 aromatic rings. The molecule has 0 aromatic heterocycles. The van der Waals surface area contributed by atoms with Gasteiger partial charge in [-0.15, -0.1) is 6.58 Å². The quantitative estimate of drug-likeness (QED) is 0.565. The molecule has 0 bridgehead atoms. The minimum atomic E-state index is -0.0404. The van der Waals surface area contributed by atoms with Crippen LogP contribution in [0.1, 0.15) is 5.56 Å². The molecule has 0 saturated carbocycles. The first-order valence-corrected chi connectivity index (χ1v) is 5.51. The van der Waals surface area contributed by atoms with Crippen molar-refractivity contribution in [1.82, 2.24) is 4.90 Å². The molecular weight excluding hydrogens is 216 g/mol. The largest absolute Gasteiger partial charge is 0.399 e. The lowest BCUT2D eigenvalue weighted by Crippen LogP contribution is -2.34. The van der Waals surface area contributed by atoms with Gasteiger partial charge in [-0.1, -0.05) is 18.2 Å². The normalized spacial score (nSPS) is 9.94. The van der Waals surface area contributed by atoms with Gasteiger partial charge in [-0.3, -0.25) is 4.79 Å². The third kappa shape index (κ3) is 4.28. The lowest BCUT2D eigenvalue weighted by molar-refractivity contribution is -0.130. The fourth-order valence-corrected chi connectivity index (χ4v) is 1.52. The van der Waals surface area contributed by atoms with Crippen molar-refractivity contribution in [3.8, 4) is 0 Å². The maximum Gasteiger partial charge on any atom is 0.227 e. The van der Waals surface area contributed by atoms with E-state index in [2.05, 4.69) is 6.58 Å². The van der Waals surface area contributed by atoms with Gasteiger partial charge in [-0.25, -0.2) is 0 Å². The minimum absolute atomic E-state index is 0.0243. The Labute approximate surface area is 101 Å². The van der Waals surface area contributed by atoms with Crippen LogP contribution >= 0.6 is 0 Å². The number of amides is 1.